The summed E-state index contributed by atoms with van der Waals surface area (Å²) >= 11 is 0. The van der Waals surface area contributed by atoms with Crippen LogP contribution in [-0.4, -0.2) is 87.4 Å². The third kappa shape index (κ3) is 69.3. The van der Waals surface area contributed by atoms with Gasteiger partial charge in [-0.3, -0.25) is 9.59 Å². The number of rotatable bonds is 66. The highest BCUT2D eigenvalue weighted by Crippen LogP contribution is 2.17. The molecule has 0 saturated carbocycles. The number of carboxylic acids is 1. The molecule has 0 aliphatic heterocycles. The summed E-state index contributed by atoms with van der Waals surface area (Å²) in [5.41, 5.74) is 0. The van der Waals surface area contributed by atoms with E-state index in [-0.39, 0.29) is 32.2 Å². The molecule has 9 heteroatoms. The number of aliphatic carboxylic acids is 1. The van der Waals surface area contributed by atoms with Gasteiger partial charge in [-0.2, -0.15) is 0 Å². The van der Waals surface area contributed by atoms with E-state index >= 15 is 0 Å². The van der Waals surface area contributed by atoms with Crippen molar-refractivity contribution in [2.45, 2.75) is 322 Å². The zero-order valence-corrected chi connectivity index (χ0v) is 57.2. The topological polar surface area (TPSA) is 108 Å². The van der Waals surface area contributed by atoms with Gasteiger partial charge in [0, 0.05) is 12.8 Å². The van der Waals surface area contributed by atoms with Crippen molar-refractivity contribution in [1.29, 1.82) is 0 Å². The molecule has 0 heterocycles. The molecule has 0 saturated heterocycles. The summed E-state index contributed by atoms with van der Waals surface area (Å²) in [6.45, 7) is 4.78. The number of carbonyl (C=O) groups is 3. The maximum absolute atomic E-state index is 13.0. The smallest absolute Gasteiger partial charge is 0.361 e. The van der Waals surface area contributed by atoms with Gasteiger partial charge in [0.15, 0.2) is 6.10 Å². The van der Waals surface area contributed by atoms with Crippen LogP contribution in [0.5, 0.6) is 0 Å². The summed E-state index contributed by atoms with van der Waals surface area (Å²) < 4.78 is 23.0. The van der Waals surface area contributed by atoms with Gasteiger partial charge in [0.05, 0.1) is 34.4 Å². The van der Waals surface area contributed by atoms with Gasteiger partial charge in [0.25, 0.3) is 6.29 Å². The number of quaternary nitrogens is 1. The lowest BCUT2D eigenvalue weighted by Gasteiger charge is -2.25. The number of unbranched alkanes of at least 4 members (excludes halogenated alkanes) is 33. The van der Waals surface area contributed by atoms with Gasteiger partial charge < -0.3 is 28.5 Å². The van der Waals surface area contributed by atoms with Crippen molar-refractivity contribution in [2.75, 3.05) is 47.5 Å². The number of nitrogens with zero attached hydrogens (tertiary/aromatic N) is 1. The molecule has 0 rings (SSSR count). The molecule has 0 aliphatic rings. The lowest BCUT2D eigenvalue weighted by atomic mass is 10.0. The number of carboxylic acid groups (broad SMARTS) is 1. The van der Waals surface area contributed by atoms with Crippen LogP contribution in [0.15, 0.2) is 109 Å². The lowest BCUT2D eigenvalue weighted by Crippen LogP contribution is -2.40. The van der Waals surface area contributed by atoms with Gasteiger partial charge >= 0.3 is 17.9 Å². The Balaban J connectivity index is 4.15. The maximum Gasteiger partial charge on any atom is 0.361 e. The number of likely N-dealkylation sites (N-methyl/N-ethyl adjacent to an activating group) is 1. The molecular weight excluding hydrogens is 1080 g/mol. The Kier molecular flexibility index (Phi) is 64.7. The minimum Gasteiger partial charge on any atom is -0.477 e. The van der Waals surface area contributed by atoms with Crippen molar-refractivity contribution in [3.8, 4) is 0 Å². The molecule has 500 valence electrons. The second kappa shape index (κ2) is 67.9. The molecule has 0 aliphatic carbocycles. The lowest BCUT2D eigenvalue weighted by molar-refractivity contribution is -0.870. The number of allylic oxidation sites excluding steroid dienone is 18. The average Bonchev–Trinajstić information content (AvgIpc) is 3.59. The van der Waals surface area contributed by atoms with E-state index in [1.807, 2.05) is 21.1 Å². The molecule has 2 atom stereocenters. The molecule has 2 unspecified atom stereocenters. The molecule has 0 bridgehead atoms. The monoisotopic (exact) mass is 1220 g/mol. The second-order valence-corrected chi connectivity index (χ2v) is 25.2. The van der Waals surface area contributed by atoms with Gasteiger partial charge in [-0.05, 0) is 103 Å². The number of hydrogen-bond donors (Lipinski definition) is 1. The zero-order chi connectivity index (χ0) is 63.3. The van der Waals surface area contributed by atoms with Crippen molar-refractivity contribution >= 4 is 17.9 Å². The first kappa shape index (κ1) is 83.0. The van der Waals surface area contributed by atoms with E-state index in [1.54, 1.807) is 0 Å². The van der Waals surface area contributed by atoms with E-state index in [4.69, 9.17) is 18.9 Å². The minimum atomic E-state index is -1.52. The van der Waals surface area contributed by atoms with Crippen LogP contribution in [0.25, 0.3) is 0 Å². The molecular formula is C78H136NO8+. The maximum atomic E-state index is 13.0. The highest BCUT2D eigenvalue weighted by atomic mass is 16.7. The Morgan fingerprint density at radius 2 is 0.655 bits per heavy atom. The Hall–Kier alpha value is -4.05. The van der Waals surface area contributed by atoms with Crippen LogP contribution in [0.1, 0.15) is 309 Å². The van der Waals surface area contributed by atoms with Crippen molar-refractivity contribution in [3.05, 3.63) is 109 Å². The van der Waals surface area contributed by atoms with Crippen molar-refractivity contribution in [1.82, 2.24) is 0 Å². The van der Waals surface area contributed by atoms with Crippen LogP contribution < -0.4 is 0 Å². The summed E-state index contributed by atoms with van der Waals surface area (Å²) in [5, 5.41) is 9.75. The summed E-state index contributed by atoms with van der Waals surface area (Å²) in [7, 11) is 5.97. The normalized spacial score (nSPS) is 13.3. The molecule has 9 nitrogen and oxygen atoms in total. The van der Waals surface area contributed by atoms with Crippen LogP contribution in [0.2, 0.25) is 0 Å². The summed E-state index contributed by atoms with van der Waals surface area (Å²) in [6.07, 6.45) is 92.0. The fourth-order valence-corrected chi connectivity index (χ4v) is 10.0. The van der Waals surface area contributed by atoms with Gasteiger partial charge in [-0.25, -0.2) is 4.79 Å². The Labute approximate surface area is 536 Å². The third-order valence-corrected chi connectivity index (χ3v) is 15.5. The van der Waals surface area contributed by atoms with Crippen LogP contribution in [0.4, 0.5) is 0 Å². The standard InChI is InChI=1S/C78H135NO8/c1-6-8-10-12-14-16-18-20-22-24-26-28-30-32-34-36-37-38-39-41-43-45-47-49-51-53-55-57-59-61-63-65-67-69-76(81)87-74(73-86-78(77(82)83)84-71-70-79(3,4)5)72-85-75(80)68-66-64-62-60-58-56-54-52-50-48-46-44-42-40-35-33-31-29-27-25-23-21-19-17-15-13-11-9-7-2/h8,10,14,16,20,22,25-28,32,34,37-38,41,43,47,49,74,78H,6-7,9,11-13,15,17-19,21,23-24,29-31,33,35-36,39-40,42,44-46,48,50-73H2,1-5H3/p+1/b10-8-,16-14-,22-20-,27-25-,28-26-,34-32-,38-37-,43-41-,49-47-. The quantitative estimate of drug-likeness (QED) is 0.0211. The van der Waals surface area contributed by atoms with Gasteiger partial charge in [0.2, 0.25) is 0 Å². The molecule has 0 spiro atoms. The molecule has 1 N–H and O–H groups in total. The van der Waals surface area contributed by atoms with Crippen molar-refractivity contribution in [3.63, 3.8) is 0 Å². The summed E-state index contributed by atoms with van der Waals surface area (Å²) in [6, 6.07) is 0. The Morgan fingerprint density at radius 3 is 0.989 bits per heavy atom. The highest BCUT2D eigenvalue weighted by Gasteiger charge is 2.25. The zero-order valence-electron chi connectivity index (χ0n) is 57.2. The first-order valence-electron chi connectivity index (χ1n) is 36.1. The fraction of sp³-hybridized carbons (Fsp3) is 0.731. The predicted octanol–water partition coefficient (Wildman–Crippen LogP) is 22.6. The first-order valence-corrected chi connectivity index (χ1v) is 36.1. The predicted molar refractivity (Wildman–Crippen MR) is 373 cm³/mol. The Bertz CT molecular complexity index is 1800. The van der Waals surface area contributed by atoms with Gasteiger partial charge in [-0.1, -0.05) is 303 Å². The van der Waals surface area contributed by atoms with E-state index in [0.717, 1.165) is 96.3 Å². The van der Waals surface area contributed by atoms with Crippen LogP contribution >= 0.6 is 0 Å². The SMILES string of the molecule is CC/C=C\C/C=C\C/C=C\C/C=C\C/C=C\C/C=C\C/C=C\C/C=C\CCCCCCCCCCC(=O)OC(COC(=O)CCCCCCCCCCCCCCCCCCC/C=C\CCCCCCCCCC)COC(OCC[N+](C)(C)C)C(=O)O. The van der Waals surface area contributed by atoms with Crippen LogP contribution in [0, 0.1) is 0 Å². The molecule has 0 aromatic heterocycles. The van der Waals surface area contributed by atoms with E-state index < -0.39 is 24.3 Å². The van der Waals surface area contributed by atoms with Gasteiger partial charge in [0.1, 0.15) is 13.2 Å². The van der Waals surface area contributed by atoms with Crippen molar-refractivity contribution < 1.29 is 42.9 Å². The third-order valence-electron chi connectivity index (χ3n) is 15.5. The first-order chi connectivity index (χ1) is 42.6. The molecule has 87 heavy (non-hydrogen) atoms. The molecule has 0 aromatic carbocycles. The highest BCUT2D eigenvalue weighted by molar-refractivity contribution is 5.71. The average molecular weight is 1220 g/mol. The molecule has 0 amide bonds. The van der Waals surface area contributed by atoms with Crippen molar-refractivity contribution in [2.24, 2.45) is 0 Å². The van der Waals surface area contributed by atoms with E-state index in [9.17, 15) is 19.5 Å². The Morgan fingerprint density at radius 1 is 0.356 bits per heavy atom. The van der Waals surface area contributed by atoms with E-state index in [0.29, 0.717) is 23.9 Å². The number of esters is 2. The largest absolute Gasteiger partial charge is 0.477 e. The number of hydrogen-bond acceptors (Lipinski definition) is 7. The molecule has 0 fully saturated rings. The summed E-state index contributed by atoms with van der Waals surface area (Å²) in [5.74, 6) is -2.01. The van der Waals surface area contributed by atoms with Gasteiger partial charge in [-0.15, -0.1) is 0 Å². The molecule has 0 radical (unpaired) electrons. The summed E-state index contributed by atoms with van der Waals surface area (Å²) in [4.78, 5) is 37.7. The van der Waals surface area contributed by atoms with E-state index in [1.165, 1.54) is 180 Å². The van der Waals surface area contributed by atoms with E-state index in [2.05, 4.69) is 123 Å². The van der Waals surface area contributed by atoms with Crippen LogP contribution in [0.3, 0.4) is 0 Å². The van der Waals surface area contributed by atoms with Crippen LogP contribution in [-0.2, 0) is 33.3 Å². The number of carbonyl (C=O) groups excluding carboxylic acids is 2. The number of ether oxygens (including phenoxy) is 4. The minimum absolute atomic E-state index is 0.182. The fourth-order valence-electron chi connectivity index (χ4n) is 10.0. The molecule has 0 aromatic rings. The second-order valence-electron chi connectivity index (χ2n) is 25.2.